The third kappa shape index (κ3) is 5.33. The first-order valence-electron chi connectivity index (χ1n) is 6.13. The van der Waals surface area contributed by atoms with Crippen LogP contribution >= 0.6 is 11.3 Å². The number of hydrogen-bond donors (Lipinski definition) is 2. The molecule has 1 atom stereocenters. The largest absolute Gasteiger partial charge is 0.355 e. The molecule has 1 aromatic heterocycles. The van der Waals surface area contributed by atoms with Crippen molar-refractivity contribution >= 4 is 17.2 Å². The van der Waals surface area contributed by atoms with E-state index in [1.807, 2.05) is 6.07 Å². The van der Waals surface area contributed by atoms with E-state index < -0.39 is 0 Å². The molecule has 3 N–H and O–H groups in total. The predicted molar refractivity (Wildman–Crippen MR) is 73.0 cm³/mol. The van der Waals surface area contributed by atoms with Crippen LogP contribution in [0.1, 0.15) is 25.1 Å². The zero-order chi connectivity index (χ0) is 12.7. The van der Waals surface area contributed by atoms with E-state index in [-0.39, 0.29) is 11.8 Å². The summed E-state index contributed by atoms with van der Waals surface area (Å²) in [4.78, 5) is 13.2. The highest BCUT2D eigenvalue weighted by Crippen LogP contribution is 2.11. The van der Waals surface area contributed by atoms with Crippen LogP contribution in [0.25, 0.3) is 0 Å². The van der Waals surface area contributed by atoms with Crippen molar-refractivity contribution in [1.29, 1.82) is 0 Å². The van der Waals surface area contributed by atoms with Gasteiger partial charge in [0.05, 0.1) is 5.92 Å². The zero-order valence-corrected chi connectivity index (χ0v) is 11.4. The number of carbonyl (C=O) groups excluding carboxylic acids is 1. The molecule has 17 heavy (non-hydrogen) atoms. The second-order valence-corrected chi connectivity index (χ2v) is 5.71. The average molecular weight is 254 g/mol. The number of nitrogens with one attached hydrogen (secondary N) is 1. The van der Waals surface area contributed by atoms with Crippen LogP contribution in [0, 0.1) is 11.8 Å². The van der Waals surface area contributed by atoms with Crippen molar-refractivity contribution in [3.8, 4) is 0 Å². The maximum atomic E-state index is 11.9. The maximum absolute atomic E-state index is 11.9. The third-order valence-electron chi connectivity index (χ3n) is 2.66. The minimum atomic E-state index is -0.0432. The van der Waals surface area contributed by atoms with Gasteiger partial charge in [-0.3, -0.25) is 4.79 Å². The van der Waals surface area contributed by atoms with Gasteiger partial charge in [0.15, 0.2) is 0 Å². The molecule has 1 rings (SSSR count). The molecule has 0 aliphatic rings. The summed E-state index contributed by atoms with van der Waals surface area (Å²) in [7, 11) is 0. The van der Waals surface area contributed by atoms with Gasteiger partial charge in [0.2, 0.25) is 5.91 Å². The van der Waals surface area contributed by atoms with Crippen LogP contribution in [-0.4, -0.2) is 19.0 Å². The first kappa shape index (κ1) is 14.2. The van der Waals surface area contributed by atoms with Gasteiger partial charge in [0.25, 0.3) is 0 Å². The van der Waals surface area contributed by atoms with Crippen molar-refractivity contribution in [2.75, 3.05) is 13.1 Å². The molecule has 0 aliphatic carbocycles. The maximum Gasteiger partial charge on any atom is 0.224 e. The molecule has 0 saturated carbocycles. The lowest BCUT2D eigenvalue weighted by molar-refractivity contribution is -0.125. The normalized spacial score (nSPS) is 12.7. The second kappa shape index (κ2) is 7.45. The molecule has 1 amide bonds. The van der Waals surface area contributed by atoms with Crippen LogP contribution in [0.2, 0.25) is 0 Å². The number of carbonyl (C=O) groups is 1. The predicted octanol–water partition coefficient (Wildman–Crippen LogP) is 2.03. The van der Waals surface area contributed by atoms with Gasteiger partial charge in [0, 0.05) is 18.0 Å². The fourth-order valence-corrected chi connectivity index (χ4v) is 2.50. The lowest BCUT2D eigenvalue weighted by atomic mass is 9.96. The lowest BCUT2D eigenvalue weighted by Crippen LogP contribution is -2.36. The van der Waals surface area contributed by atoms with Gasteiger partial charge < -0.3 is 11.1 Å². The molecule has 96 valence electrons. The minimum absolute atomic E-state index is 0.0432. The van der Waals surface area contributed by atoms with Crippen molar-refractivity contribution in [3.05, 3.63) is 22.4 Å². The Hall–Kier alpha value is -0.870. The molecule has 1 heterocycles. The van der Waals surface area contributed by atoms with Gasteiger partial charge in [0.1, 0.15) is 0 Å². The Kier molecular flexibility index (Phi) is 6.22. The first-order chi connectivity index (χ1) is 8.13. The van der Waals surface area contributed by atoms with Gasteiger partial charge in [-0.1, -0.05) is 19.9 Å². The summed E-state index contributed by atoms with van der Waals surface area (Å²) < 4.78 is 0. The van der Waals surface area contributed by atoms with Crippen LogP contribution in [0.3, 0.4) is 0 Å². The van der Waals surface area contributed by atoms with Gasteiger partial charge in [-0.25, -0.2) is 0 Å². The SMILES string of the molecule is CC(C)CC(CN)C(=O)NCCc1cccs1. The summed E-state index contributed by atoms with van der Waals surface area (Å²) in [5, 5.41) is 5.02. The molecule has 3 nitrogen and oxygen atoms in total. The van der Waals surface area contributed by atoms with Gasteiger partial charge in [-0.05, 0) is 30.2 Å². The van der Waals surface area contributed by atoms with Crippen LogP contribution in [0.4, 0.5) is 0 Å². The topological polar surface area (TPSA) is 55.1 Å². The van der Waals surface area contributed by atoms with Crippen LogP contribution in [0.15, 0.2) is 17.5 Å². The number of nitrogens with two attached hydrogens (primary N) is 1. The Labute approximate surface area is 107 Å². The van der Waals surface area contributed by atoms with E-state index in [9.17, 15) is 4.79 Å². The summed E-state index contributed by atoms with van der Waals surface area (Å²) in [5.74, 6) is 0.558. The second-order valence-electron chi connectivity index (χ2n) is 4.68. The molecular formula is C13H22N2OS. The summed E-state index contributed by atoms with van der Waals surface area (Å²) in [5.41, 5.74) is 5.63. The Morgan fingerprint density at radius 3 is 2.82 bits per heavy atom. The van der Waals surface area contributed by atoms with Gasteiger partial charge in [-0.15, -0.1) is 11.3 Å². The van der Waals surface area contributed by atoms with E-state index >= 15 is 0 Å². The number of amides is 1. The van der Waals surface area contributed by atoms with Crippen LogP contribution in [-0.2, 0) is 11.2 Å². The van der Waals surface area contributed by atoms with Crippen LogP contribution < -0.4 is 11.1 Å². The molecule has 0 spiro atoms. The molecule has 0 saturated heterocycles. The van der Waals surface area contributed by atoms with Gasteiger partial charge in [-0.2, -0.15) is 0 Å². The van der Waals surface area contributed by atoms with E-state index in [0.29, 0.717) is 19.0 Å². The highest BCUT2D eigenvalue weighted by atomic mass is 32.1. The van der Waals surface area contributed by atoms with Crippen LogP contribution in [0.5, 0.6) is 0 Å². The highest BCUT2D eigenvalue weighted by molar-refractivity contribution is 7.09. The molecule has 0 radical (unpaired) electrons. The van der Waals surface area contributed by atoms with Crippen molar-refractivity contribution in [2.45, 2.75) is 26.7 Å². The van der Waals surface area contributed by atoms with Gasteiger partial charge >= 0.3 is 0 Å². The summed E-state index contributed by atoms with van der Waals surface area (Å²) in [6, 6.07) is 4.12. The molecule has 1 aromatic rings. The molecule has 0 fully saturated rings. The van der Waals surface area contributed by atoms with E-state index in [1.165, 1.54) is 4.88 Å². The van der Waals surface area contributed by atoms with E-state index in [2.05, 4.69) is 30.6 Å². The monoisotopic (exact) mass is 254 g/mol. The van der Waals surface area contributed by atoms with E-state index in [4.69, 9.17) is 5.73 Å². The Balaban J connectivity index is 2.27. The molecule has 1 unspecified atom stereocenters. The molecule has 0 bridgehead atoms. The smallest absolute Gasteiger partial charge is 0.224 e. The highest BCUT2D eigenvalue weighted by Gasteiger charge is 2.17. The third-order valence-corrected chi connectivity index (χ3v) is 3.60. The number of thiophene rings is 1. The number of rotatable bonds is 7. The molecule has 0 aromatic carbocycles. The van der Waals surface area contributed by atoms with Crippen molar-refractivity contribution in [2.24, 2.45) is 17.6 Å². The lowest BCUT2D eigenvalue weighted by Gasteiger charge is -2.16. The van der Waals surface area contributed by atoms with Crippen molar-refractivity contribution in [3.63, 3.8) is 0 Å². The average Bonchev–Trinajstić information content (AvgIpc) is 2.78. The van der Waals surface area contributed by atoms with Crippen molar-refractivity contribution in [1.82, 2.24) is 5.32 Å². The summed E-state index contributed by atoms with van der Waals surface area (Å²) in [6.45, 7) is 5.36. The zero-order valence-electron chi connectivity index (χ0n) is 10.6. The number of hydrogen-bond acceptors (Lipinski definition) is 3. The molecule has 4 heteroatoms. The summed E-state index contributed by atoms with van der Waals surface area (Å²) >= 11 is 1.72. The van der Waals surface area contributed by atoms with E-state index in [1.54, 1.807) is 11.3 Å². The fourth-order valence-electron chi connectivity index (χ4n) is 1.79. The summed E-state index contributed by atoms with van der Waals surface area (Å²) in [6.07, 6.45) is 1.77. The molecular weight excluding hydrogens is 232 g/mol. The fraction of sp³-hybridized carbons (Fsp3) is 0.615. The van der Waals surface area contributed by atoms with E-state index in [0.717, 1.165) is 12.8 Å². The quantitative estimate of drug-likeness (QED) is 0.782. The minimum Gasteiger partial charge on any atom is -0.355 e. The van der Waals surface area contributed by atoms with Crippen molar-refractivity contribution < 1.29 is 4.79 Å². The standard InChI is InChI=1S/C13H22N2OS/c1-10(2)8-11(9-14)13(16)15-6-5-12-4-3-7-17-12/h3-4,7,10-11H,5-6,8-9,14H2,1-2H3,(H,15,16). The Morgan fingerprint density at radius 2 is 2.29 bits per heavy atom. The molecule has 0 aliphatic heterocycles. The Morgan fingerprint density at radius 1 is 1.53 bits per heavy atom. The Bertz CT molecular complexity index is 322. The first-order valence-corrected chi connectivity index (χ1v) is 7.01.